The third-order valence-electron chi connectivity index (χ3n) is 2.73. The van der Waals surface area contributed by atoms with Crippen LogP contribution in [0.15, 0.2) is 37.4 Å². The van der Waals surface area contributed by atoms with Gasteiger partial charge in [-0.15, -0.1) is 0 Å². The number of hydrogen-bond acceptors (Lipinski definition) is 7. The van der Waals surface area contributed by atoms with E-state index in [1.165, 1.54) is 16.4 Å². The van der Waals surface area contributed by atoms with Gasteiger partial charge < -0.3 is 10.2 Å². The smallest absolute Gasteiger partial charge is 0.339 e. The highest BCUT2D eigenvalue weighted by molar-refractivity contribution is 7.98. The summed E-state index contributed by atoms with van der Waals surface area (Å²) in [6, 6.07) is 5.22. The molecule has 0 aliphatic rings. The zero-order valence-electron chi connectivity index (χ0n) is 11.0. The topological polar surface area (TPSA) is 120 Å². The van der Waals surface area contributed by atoms with Crippen molar-refractivity contribution in [2.75, 3.05) is 5.73 Å². The number of hydrogen-bond donors (Lipinski definition) is 2. The lowest BCUT2D eigenvalue weighted by Crippen LogP contribution is -2.33. The maximum absolute atomic E-state index is 11.2. The molecule has 8 nitrogen and oxygen atoms in total. The molecule has 0 saturated heterocycles. The molecule has 0 bridgehead atoms. The first-order valence-corrected chi connectivity index (χ1v) is 6.96. The standard InChI is InChI=1S/C12H11N5O3S/c1-17-12(15-10(18)11(19)16-17)21-5-9-14-7-3-2-6(13)4-8(7)20-9/h2-4H,5,13H2,1H3,(H,16,19). The number of nitrogens with two attached hydrogens (primary N) is 1. The van der Waals surface area contributed by atoms with Crippen molar-refractivity contribution in [2.24, 2.45) is 7.05 Å². The number of aromatic nitrogens is 4. The van der Waals surface area contributed by atoms with Crippen LogP contribution >= 0.6 is 11.8 Å². The fourth-order valence-corrected chi connectivity index (χ4v) is 2.53. The Hall–Kier alpha value is -2.55. The summed E-state index contributed by atoms with van der Waals surface area (Å²) in [5, 5.41) is 2.75. The van der Waals surface area contributed by atoms with E-state index in [-0.39, 0.29) is 0 Å². The minimum Gasteiger partial charge on any atom is -0.440 e. The van der Waals surface area contributed by atoms with Gasteiger partial charge in [-0.25, -0.2) is 4.98 Å². The third-order valence-corrected chi connectivity index (χ3v) is 3.74. The van der Waals surface area contributed by atoms with Crippen LogP contribution < -0.4 is 16.9 Å². The van der Waals surface area contributed by atoms with E-state index in [2.05, 4.69) is 15.1 Å². The Morgan fingerprint density at radius 3 is 3.00 bits per heavy atom. The average molecular weight is 305 g/mol. The molecule has 3 aromatic rings. The Bertz CT molecular complexity index is 927. The second-order valence-corrected chi connectivity index (χ2v) is 5.27. The summed E-state index contributed by atoms with van der Waals surface area (Å²) in [6.45, 7) is 0. The van der Waals surface area contributed by atoms with Gasteiger partial charge >= 0.3 is 11.1 Å². The van der Waals surface area contributed by atoms with Crippen molar-refractivity contribution in [3.63, 3.8) is 0 Å². The predicted molar refractivity (Wildman–Crippen MR) is 78.1 cm³/mol. The van der Waals surface area contributed by atoms with Crippen molar-refractivity contribution in [1.82, 2.24) is 19.7 Å². The number of aryl methyl sites for hydroxylation is 1. The Balaban J connectivity index is 1.85. The van der Waals surface area contributed by atoms with Crippen molar-refractivity contribution < 1.29 is 4.42 Å². The van der Waals surface area contributed by atoms with Crippen molar-refractivity contribution >= 4 is 28.5 Å². The van der Waals surface area contributed by atoms with Crippen LogP contribution in [0.2, 0.25) is 0 Å². The number of fused-ring (bicyclic) bond motifs is 1. The van der Waals surface area contributed by atoms with Gasteiger partial charge in [0.2, 0.25) is 5.89 Å². The van der Waals surface area contributed by atoms with Gasteiger partial charge in [-0.3, -0.25) is 19.4 Å². The van der Waals surface area contributed by atoms with Crippen LogP contribution in [0, 0.1) is 0 Å². The summed E-state index contributed by atoms with van der Waals surface area (Å²) in [5.41, 5.74) is 6.02. The summed E-state index contributed by atoms with van der Waals surface area (Å²) in [7, 11) is 1.60. The highest BCUT2D eigenvalue weighted by Gasteiger charge is 2.09. The number of thioether (sulfide) groups is 1. The molecule has 0 atom stereocenters. The largest absolute Gasteiger partial charge is 0.440 e. The van der Waals surface area contributed by atoms with E-state index in [9.17, 15) is 9.59 Å². The van der Waals surface area contributed by atoms with Gasteiger partial charge in [-0.05, 0) is 12.1 Å². The van der Waals surface area contributed by atoms with E-state index >= 15 is 0 Å². The zero-order chi connectivity index (χ0) is 15.0. The number of anilines is 1. The second kappa shape index (κ2) is 5.09. The molecule has 2 aromatic heterocycles. The molecule has 3 rings (SSSR count). The van der Waals surface area contributed by atoms with Crippen LogP contribution in [0.3, 0.4) is 0 Å². The van der Waals surface area contributed by atoms with E-state index in [0.29, 0.717) is 33.6 Å². The quantitative estimate of drug-likeness (QED) is 0.410. The van der Waals surface area contributed by atoms with E-state index < -0.39 is 11.1 Å². The van der Waals surface area contributed by atoms with Crippen molar-refractivity contribution in [3.8, 4) is 0 Å². The number of rotatable bonds is 3. The van der Waals surface area contributed by atoms with Crippen molar-refractivity contribution in [3.05, 3.63) is 44.8 Å². The number of nitrogens with zero attached hydrogens (tertiary/aromatic N) is 3. The van der Waals surface area contributed by atoms with Crippen LogP contribution in [0.25, 0.3) is 11.1 Å². The molecule has 108 valence electrons. The molecule has 21 heavy (non-hydrogen) atoms. The number of aromatic amines is 1. The summed E-state index contributed by atoms with van der Waals surface area (Å²) in [4.78, 5) is 30.4. The molecule has 0 aliphatic heterocycles. The summed E-state index contributed by atoms with van der Waals surface area (Å²) in [6.07, 6.45) is 0. The lowest BCUT2D eigenvalue weighted by atomic mass is 10.3. The Morgan fingerprint density at radius 2 is 2.19 bits per heavy atom. The van der Waals surface area contributed by atoms with Gasteiger partial charge in [0.1, 0.15) is 5.52 Å². The number of oxazole rings is 1. The van der Waals surface area contributed by atoms with E-state index in [4.69, 9.17) is 10.2 Å². The fraction of sp³-hybridized carbons (Fsp3) is 0.167. The Morgan fingerprint density at radius 1 is 1.38 bits per heavy atom. The number of benzene rings is 1. The molecule has 2 heterocycles. The van der Waals surface area contributed by atoms with Gasteiger partial charge in [-0.2, -0.15) is 4.98 Å². The van der Waals surface area contributed by atoms with Crippen LogP contribution in [0.5, 0.6) is 0 Å². The monoisotopic (exact) mass is 305 g/mol. The van der Waals surface area contributed by atoms with Gasteiger partial charge in [0, 0.05) is 18.8 Å². The van der Waals surface area contributed by atoms with E-state index in [0.717, 1.165) is 0 Å². The molecule has 0 aliphatic carbocycles. The molecule has 0 amide bonds. The van der Waals surface area contributed by atoms with Crippen molar-refractivity contribution in [2.45, 2.75) is 10.9 Å². The summed E-state index contributed by atoms with van der Waals surface area (Å²) < 4.78 is 6.95. The van der Waals surface area contributed by atoms with E-state index in [1.54, 1.807) is 25.2 Å². The summed E-state index contributed by atoms with van der Waals surface area (Å²) in [5.74, 6) is 0.863. The number of nitrogens with one attached hydrogen (secondary N) is 1. The molecular weight excluding hydrogens is 294 g/mol. The zero-order valence-corrected chi connectivity index (χ0v) is 11.8. The molecule has 0 saturated carbocycles. The van der Waals surface area contributed by atoms with Crippen LogP contribution in [0.4, 0.5) is 5.69 Å². The van der Waals surface area contributed by atoms with Crippen LogP contribution in [-0.2, 0) is 12.8 Å². The Labute approximate surface area is 122 Å². The SMILES string of the molecule is Cn1[nH]c(=O)c(=O)nc1SCc1nc2ccc(N)cc2o1. The van der Waals surface area contributed by atoms with Crippen molar-refractivity contribution in [1.29, 1.82) is 0 Å². The third kappa shape index (κ3) is 2.68. The first kappa shape index (κ1) is 13.4. The minimum atomic E-state index is -0.819. The maximum Gasteiger partial charge on any atom is 0.339 e. The first-order chi connectivity index (χ1) is 10.0. The fourth-order valence-electron chi connectivity index (χ4n) is 1.77. The predicted octanol–water partition coefficient (Wildman–Crippen LogP) is 0.484. The van der Waals surface area contributed by atoms with Gasteiger partial charge in [0.25, 0.3) is 0 Å². The lowest BCUT2D eigenvalue weighted by molar-refractivity contribution is 0.554. The van der Waals surface area contributed by atoms with E-state index in [1.807, 2.05) is 0 Å². The first-order valence-electron chi connectivity index (χ1n) is 5.98. The normalized spacial score (nSPS) is 11.1. The molecule has 0 fully saturated rings. The number of nitrogen functional groups attached to an aromatic ring is 1. The highest BCUT2D eigenvalue weighted by atomic mass is 32.2. The Kier molecular flexibility index (Phi) is 3.26. The highest BCUT2D eigenvalue weighted by Crippen LogP contribution is 2.23. The maximum atomic E-state index is 11.2. The number of H-pyrrole nitrogens is 1. The van der Waals surface area contributed by atoms with Gasteiger partial charge in [0.05, 0.1) is 5.75 Å². The average Bonchev–Trinajstić information content (AvgIpc) is 2.83. The molecular formula is C12H11N5O3S. The summed E-state index contributed by atoms with van der Waals surface area (Å²) >= 11 is 1.24. The molecule has 1 aromatic carbocycles. The molecule has 0 unspecified atom stereocenters. The van der Waals surface area contributed by atoms with Crippen LogP contribution in [0.1, 0.15) is 5.89 Å². The van der Waals surface area contributed by atoms with Gasteiger partial charge in [-0.1, -0.05) is 11.8 Å². The molecule has 0 spiro atoms. The van der Waals surface area contributed by atoms with Crippen LogP contribution in [-0.4, -0.2) is 19.7 Å². The second-order valence-electron chi connectivity index (χ2n) is 4.32. The lowest BCUT2D eigenvalue weighted by Gasteiger charge is -2.03. The molecule has 3 N–H and O–H groups in total. The molecule has 0 radical (unpaired) electrons. The van der Waals surface area contributed by atoms with Gasteiger partial charge in [0.15, 0.2) is 10.7 Å². The molecule has 9 heteroatoms. The minimum absolute atomic E-state index is 0.376.